The molecule has 4 aliphatic rings. The quantitative estimate of drug-likeness (QED) is 0.795. The van der Waals surface area contributed by atoms with Crippen LogP contribution in [0.5, 0.6) is 0 Å². The van der Waals surface area contributed by atoms with Crippen molar-refractivity contribution in [2.75, 3.05) is 39.8 Å². The lowest BCUT2D eigenvalue weighted by molar-refractivity contribution is -0.105. The fourth-order valence-corrected chi connectivity index (χ4v) is 5.00. The monoisotopic (exact) mass is 321 g/mol. The Morgan fingerprint density at radius 2 is 1.74 bits per heavy atom. The van der Waals surface area contributed by atoms with Crippen LogP contribution in [0.25, 0.3) is 0 Å². The van der Waals surface area contributed by atoms with Gasteiger partial charge in [-0.05, 0) is 65.6 Å². The summed E-state index contributed by atoms with van der Waals surface area (Å²) < 4.78 is 5.08. The first-order valence-electron chi connectivity index (χ1n) is 9.48. The van der Waals surface area contributed by atoms with Crippen molar-refractivity contribution in [3.63, 3.8) is 0 Å². The molecule has 2 aliphatic carbocycles. The van der Waals surface area contributed by atoms with Gasteiger partial charge in [-0.25, -0.2) is 4.79 Å². The summed E-state index contributed by atoms with van der Waals surface area (Å²) in [6.45, 7) is 6.73. The molecule has 5 heteroatoms. The van der Waals surface area contributed by atoms with E-state index in [0.717, 1.165) is 31.2 Å². The van der Waals surface area contributed by atoms with Crippen molar-refractivity contribution < 1.29 is 9.53 Å². The predicted octanol–water partition coefficient (Wildman–Crippen LogP) is 2.17. The molecule has 4 fully saturated rings. The zero-order valence-corrected chi connectivity index (χ0v) is 14.7. The Morgan fingerprint density at radius 1 is 1.13 bits per heavy atom. The van der Waals surface area contributed by atoms with Crippen molar-refractivity contribution in [3.8, 4) is 0 Å². The van der Waals surface area contributed by atoms with Crippen LogP contribution in [0, 0.1) is 5.41 Å². The average molecular weight is 321 g/mol. The van der Waals surface area contributed by atoms with E-state index in [1.807, 2.05) is 11.8 Å². The third-order valence-corrected chi connectivity index (χ3v) is 6.63. The van der Waals surface area contributed by atoms with Crippen LogP contribution in [0.4, 0.5) is 4.79 Å². The van der Waals surface area contributed by atoms with Crippen LogP contribution in [0.15, 0.2) is 0 Å². The Kier molecular flexibility index (Phi) is 4.04. The van der Waals surface area contributed by atoms with Crippen LogP contribution in [-0.2, 0) is 4.74 Å². The molecular formula is C18H31N3O2. The molecule has 1 spiro atoms. The zero-order valence-electron chi connectivity index (χ0n) is 14.7. The molecule has 2 saturated heterocycles. The lowest BCUT2D eigenvalue weighted by Crippen LogP contribution is -2.68. The molecule has 1 amide bonds. The molecule has 130 valence electrons. The summed E-state index contributed by atoms with van der Waals surface area (Å²) in [6.07, 6.45) is 7.96. The van der Waals surface area contributed by atoms with Gasteiger partial charge in [0.25, 0.3) is 0 Å². The summed E-state index contributed by atoms with van der Waals surface area (Å²) >= 11 is 0. The van der Waals surface area contributed by atoms with Crippen LogP contribution in [0.1, 0.15) is 45.4 Å². The Bertz CT molecular complexity index is 443. The lowest BCUT2D eigenvalue weighted by Gasteiger charge is -2.61. The molecule has 0 unspecified atom stereocenters. The van der Waals surface area contributed by atoms with E-state index in [1.165, 1.54) is 51.6 Å². The van der Waals surface area contributed by atoms with E-state index < -0.39 is 0 Å². The first-order chi connectivity index (χ1) is 11.1. The number of carbonyl (C=O) groups excluding carboxylic acids is 1. The third-order valence-electron chi connectivity index (χ3n) is 6.63. The Hall–Kier alpha value is -0.810. The second-order valence-electron chi connectivity index (χ2n) is 8.28. The third kappa shape index (κ3) is 2.98. The van der Waals surface area contributed by atoms with Crippen molar-refractivity contribution in [1.29, 1.82) is 0 Å². The summed E-state index contributed by atoms with van der Waals surface area (Å²) in [5.41, 5.74) is 0.430. The number of ether oxygens (including phenoxy) is 1. The Labute approximate surface area is 139 Å². The molecule has 0 aromatic heterocycles. The zero-order chi connectivity index (χ0) is 16.0. The molecule has 0 N–H and O–H groups in total. The van der Waals surface area contributed by atoms with Gasteiger partial charge >= 0.3 is 6.09 Å². The molecule has 0 radical (unpaired) electrons. The Morgan fingerprint density at radius 3 is 2.30 bits per heavy atom. The van der Waals surface area contributed by atoms with Gasteiger partial charge in [0.1, 0.15) is 0 Å². The van der Waals surface area contributed by atoms with E-state index in [9.17, 15) is 4.79 Å². The maximum Gasteiger partial charge on any atom is 0.409 e. The largest absolute Gasteiger partial charge is 0.450 e. The molecular weight excluding hydrogens is 290 g/mol. The van der Waals surface area contributed by atoms with Crippen molar-refractivity contribution in [2.45, 2.75) is 63.6 Å². The maximum absolute atomic E-state index is 11.7. The highest BCUT2D eigenvalue weighted by atomic mass is 16.6. The predicted molar refractivity (Wildman–Crippen MR) is 89.4 cm³/mol. The smallest absolute Gasteiger partial charge is 0.409 e. The summed E-state index contributed by atoms with van der Waals surface area (Å²) in [5, 5.41) is 0. The van der Waals surface area contributed by atoms with E-state index >= 15 is 0 Å². The summed E-state index contributed by atoms with van der Waals surface area (Å²) in [7, 11) is 2.33. The summed E-state index contributed by atoms with van der Waals surface area (Å²) in [5.74, 6) is 0. The second-order valence-corrected chi connectivity index (χ2v) is 8.28. The molecule has 4 rings (SSSR count). The molecule has 5 nitrogen and oxygen atoms in total. The molecule has 0 atom stereocenters. The van der Waals surface area contributed by atoms with Gasteiger partial charge < -0.3 is 19.4 Å². The van der Waals surface area contributed by atoms with Crippen LogP contribution >= 0.6 is 0 Å². The summed E-state index contributed by atoms with van der Waals surface area (Å²) in [6, 6.07) is 2.48. The number of hydrogen-bond donors (Lipinski definition) is 0. The second kappa shape index (κ2) is 5.92. The molecule has 23 heavy (non-hydrogen) atoms. The first-order valence-corrected chi connectivity index (χ1v) is 9.48. The van der Waals surface area contributed by atoms with Gasteiger partial charge in [0.15, 0.2) is 0 Å². The number of likely N-dealkylation sites (tertiary alicyclic amines) is 2. The minimum absolute atomic E-state index is 0.120. The van der Waals surface area contributed by atoms with Gasteiger partial charge in [-0.1, -0.05) is 0 Å². The van der Waals surface area contributed by atoms with Gasteiger partial charge in [-0.15, -0.1) is 0 Å². The van der Waals surface area contributed by atoms with Crippen molar-refractivity contribution in [1.82, 2.24) is 14.7 Å². The first kappa shape index (κ1) is 15.7. The number of hydrogen-bond acceptors (Lipinski definition) is 4. The van der Waals surface area contributed by atoms with Crippen molar-refractivity contribution in [2.24, 2.45) is 5.41 Å². The van der Waals surface area contributed by atoms with E-state index in [1.54, 1.807) is 0 Å². The maximum atomic E-state index is 11.7. The highest BCUT2D eigenvalue weighted by molar-refractivity contribution is 5.69. The van der Waals surface area contributed by atoms with Crippen molar-refractivity contribution >= 4 is 6.09 Å². The molecule has 2 aliphatic heterocycles. The fraction of sp³-hybridized carbons (Fsp3) is 0.944. The minimum atomic E-state index is -0.120. The van der Waals surface area contributed by atoms with Crippen LogP contribution in [-0.4, -0.2) is 78.8 Å². The van der Waals surface area contributed by atoms with E-state index in [2.05, 4.69) is 16.8 Å². The highest BCUT2D eigenvalue weighted by Gasteiger charge is 2.55. The Balaban J connectivity index is 1.18. The van der Waals surface area contributed by atoms with Crippen LogP contribution < -0.4 is 0 Å². The molecule has 0 aromatic carbocycles. The van der Waals surface area contributed by atoms with Gasteiger partial charge in [-0.3, -0.25) is 0 Å². The normalized spacial score (nSPS) is 28.7. The lowest BCUT2D eigenvalue weighted by atomic mass is 9.60. The highest BCUT2D eigenvalue weighted by Crippen LogP contribution is 2.50. The van der Waals surface area contributed by atoms with Gasteiger partial charge in [0, 0.05) is 36.6 Å². The number of nitrogens with zero attached hydrogens (tertiary/aromatic N) is 3. The van der Waals surface area contributed by atoms with Gasteiger partial charge in [-0.2, -0.15) is 0 Å². The van der Waals surface area contributed by atoms with Gasteiger partial charge in [0.05, 0.1) is 6.61 Å². The SMILES string of the molecule is CCOC(=O)N1CC2(CC(N3CCC(N(C)C4CC4)CC3)C2)C1. The number of carbonyl (C=O) groups is 1. The van der Waals surface area contributed by atoms with Crippen LogP contribution in [0.2, 0.25) is 0 Å². The van der Waals surface area contributed by atoms with Crippen molar-refractivity contribution in [3.05, 3.63) is 0 Å². The standard InChI is InChI=1S/C18H31N3O2/c1-3-23-17(22)21-12-18(13-21)10-16(11-18)20-8-6-15(7-9-20)19(2)14-4-5-14/h14-16H,3-13H2,1-2H3. The van der Waals surface area contributed by atoms with E-state index in [4.69, 9.17) is 4.74 Å². The fourth-order valence-electron chi connectivity index (χ4n) is 5.00. The molecule has 2 saturated carbocycles. The van der Waals surface area contributed by atoms with E-state index in [0.29, 0.717) is 12.0 Å². The average Bonchev–Trinajstić information content (AvgIpc) is 3.29. The number of rotatable bonds is 4. The van der Waals surface area contributed by atoms with Crippen LogP contribution in [0.3, 0.4) is 0 Å². The molecule has 0 bridgehead atoms. The minimum Gasteiger partial charge on any atom is -0.450 e. The number of piperidine rings is 1. The van der Waals surface area contributed by atoms with E-state index in [-0.39, 0.29) is 6.09 Å². The topological polar surface area (TPSA) is 36.0 Å². The molecule has 2 heterocycles. The number of amides is 1. The summed E-state index contributed by atoms with van der Waals surface area (Å²) in [4.78, 5) is 18.9. The van der Waals surface area contributed by atoms with Gasteiger partial charge in [0.2, 0.25) is 0 Å². The molecule has 0 aromatic rings.